The molecule has 7 heteroatoms. The first-order valence-electron chi connectivity index (χ1n) is 6.84. The molecule has 0 saturated carbocycles. The summed E-state index contributed by atoms with van der Waals surface area (Å²) in [5, 5.41) is 2.83. The molecule has 0 spiro atoms. The molecule has 0 radical (unpaired) electrons. The highest BCUT2D eigenvalue weighted by molar-refractivity contribution is 7.89. The molecule has 1 aromatic heterocycles. The molecule has 1 heterocycles. The SMILES string of the molecule is CC(=O)c1cccc(S(=O)(=O)NCc2csc(C(C)C)n2)c1. The van der Waals surface area contributed by atoms with Crippen LogP contribution in [0.1, 0.15) is 47.7 Å². The summed E-state index contributed by atoms with van der Waals surface area (Å²) in [7, 11) is -3.66. The van der Waals surface area contributed by atoms with Gasteiger partial charge in [0.25, 0.3) is 0 Å². The van der Waals surface area contributed by atoms with Crippen molar-refractivity contribution in [3.8, 4) is 0 Å². The number of benzene rings is 1. The van der Waals surface area contributed by atoms with Crippen molar-refractivity contribution in [2.24, 2.45) is 0 Å². The van der Waals surface area contributed by atoms with Crippen LogP contribution < -0.4 is 4.72 Å². The molecule has 0 aliphatic rings. The molecule has 0 amide bonds. The molecule has 1 N–H and O–H groups in total. The standard InChI is InChI=1S/C15H18N2O3S2/c1-10(2)15-17-13(9-21-15)8-16-22(19,20)14-6-4-5-12(7-14)11(3)18/h4-7,9-10,16H,8H2,1-3H3. The molecular weight excluding hydrogens is 320 g/mol. The normalized spacial score (nSPS) is 11.8. The summed E-state index contributed by atoms with van der Waals surface area (Å²) >= 11 is 1.52. The fourth-order valence-corrected chi connectivity index (χ4v) is 3.68. The molecule has 2 rings (SSSR count). The Labute approximate surface area is 134 Å². The Hall–Kier alpha value is -1.57. The first-order chi connectivity index (χ1) is 10.3. The number of aromatic nitrogens is 1. The summed E-state index contributed by atoms with van der Waals surface area (Å²) in [5.41, 5.74) is 1.07. The summed E-state index contributed by atoms with van der Waals surface area (Å²) in [5.74, 6) is 0.153. The van der Waals surface area contributed by atoms with Crippen LogP contribution in [0.3, 0.4) is 0 Å². The van der Waals surface area contributed by atoms with E-state index in [-0.39, 0.29) is 17.2 Å². The van der Waals surface area contributed by atoms with Crippen LogP contribution in [0.2, 0.25) is 0 Å². The molecule has 1 aromatic carbocycles. The van der Waals surface area contributed by atoms with Gasteiger partial charge in [-0.15, -0.1) is 11.3 Å². The van der Waals surface area contributed by atoms with Gasteiger partial charge in [-0.25, -0.2) is 18.1 Å². The zero-order valence-electron chi connectivity index (χ0n) is 12.7. The Balaban J connectivity index is 2.13. The summed E-state index contributed by atoms with van der Waals surface area (Å²) in [6.07, 6.45) is 0. The summed E-state index contributed by atoms with van der Waals surface area (Å²) in [4.78, 5) is 15.8. The van der Waals surface area contributed by atoms with Crippen molar-refractivity contribution in [2.75, 3.05) is 0 Å². The predicted molar refractivity (Wildman–Crippen MR) is 86.7 cm³/mol. The Kier molecular flexibility index (Phi) is 5.10. The molecule has 0 bridgehead atoms. The molecule has 0 fully saturated rings. The number of carbonyl (C=O) groups is 1. The van der Waals surface area contributed by atoms with Crippen molar-refractivity contribution in [3.63, 3.8) is 0 Å². The number of carbonyl (C=O) groups excluding carboxylic acids is 1. The van der Waals surface area contributed by atoms with Gasteiger partial charge in [0.1, 0.15) is 0 Å². The van der Waals surface area contributed by atoms with E-state index in [2.05, 4.69) is 9.71 Å². The third-order valence-electron chi connectivity index (χ3n) is 3.06. The van der Waals surface area contributed by atoms with Crippen LogP contribution in [-0.4, -0.2) is 19.2 Å². The minimum absolute atomic E-state index is 0.0829. The summed E-state index contributed by atoms with van der Waals surface area (Å²) < 4.78 is 27.1. The third-order valence-corrected chi connectivity index (χ3v) is 5.65. The van der Waals surface area contributed by atoms with Gasteiger partial charge in [0.2, 0.25) is 10.0 Å². The molecule has 22 heavy (non-hydrogen) atoms. The fraction of sp³-hybridized carbons (Fsp3) is 0.333. The van der Waals surface area contributed by atoms with Crippen LogP contribution >= 0.6 is 11.3 Å². The van der Waals surface area contributed by atoms with Crippen molar-refractivity contribution in [1.29, 1.82) is 0 Å². The smallest absolute Gasteiger partial charge is 0.240 e. The van der Waals surface area contributed by atoms with E-state index < -0.39 is 10.0 Å². The zero-order chi connectivity index (χ0) is 16.3. The van der Waals surface area contributed by atoms with Gasteiger partial charge >= 0.3 is 0 Å². The first-order valence-corrected chi connectivity index (χ1v) is 9.21. The molecule has 0 aliphatic heterocycles. The predicted octanol–water partition coefficient (Wildman–Crippen LogP) is 2.95. The number of hydrogen-bond donors (Lipinski definition) is 1. The van der Waals surface area contributed by atoms with E-state index in [9.17, 15) is 13.2 Å². The lowest BCUT2D eigenvalue weighted by molar-refractivity contribution is 0.101. The van der Waals surface area contributed by atoms with Gasteiger partial charge in [-0.2, -0.15) is 0 Å². The van der Waals surface area contributed by atoms with E-state index in [1.165, 1.54) is 30.4 Å². The lowest BCUT2D eigenvalue weighted by atomic mass is 10.2. The minimum Gasteiger partial charge on any atom is -0.295 e. The van der Waals surface area contributed by atoms with Gasteiger partial charge in [-0.3, -0.25) is 4.79 Å². The molecule has 2 aromatic rings. The highest BCUT2D eigenvalue weighted by atomic mass is 32.2. The van der Waals surface area contributed by atoms with Crippen LogP contribution in [-0.2, 0) is 16.6 Å². The van der Waals surface area contributed by atoms with Crippen molar-refractivity contribution in [1.82, 2.24) is 9.71 Å². The lowest BCUT2D eigenvalue weighted by Gasteiger charge is -2.06. The van der Waals surface area contributed by atoms with E-state index in [0.29, 0.717) is 17.2 Å². The van der Waals surface area contributed by atoms with E-state index in [1.807, 2.05) is 19.2 Å². The van der Waals surface area contributed by atoms with Gasteiger partial charge in [-0.1, -0.05) is 26.0 Å². The van der Waals surface area contributed by atoms with Gasteiger partial charge < -0.3 is 0 Å². The number of nitrogens with one attached hydrogen (secondary N) is 1. The second-order valence-corrected chi connectivity index (χ2v) is 7.90. The van der Waals surface area contributed by atoms with E-state index >= 15 is 0 Å². The molecule has 5 nitrogen and oxygen atoms in total. The number of nitrogens with zero attached hydrogens (tertiary/aromatic N) is 1. The van der Waals surface area contributed by atoms with Gasteiger partial charge in [0, 0.05) is 16.9 Å². The highest BCUT2D eigenvalue weighted by Crippen LogP contribution is 2.19. The summed E-state index contributed by atoms with van der Waals surface area (Å²) in [6, 6.07) is 6.00. The molecule has 118 valence electrons. The lowest BCUT2D eigenvalue weighted by Crippen LogP contribution is -2.23. The monoisotopic (exact) mass is 338 g/mol. The second-order valence-electron chi connectivity index (χ2n) is 5.24. The second kappa shape index (κ2) is 6.68. The Morgan fingerprint density at radius 1 is 1.36 bits per heavy atom. The van der Waals surface area contributed by atoms with Crippen LogP contribution in [0, 0.1) is 0 Å². The largest absolute Gasteiger partial charge is 0.295 e. The maximum absolute atomic E-state index is 12.3. The fourth-order valence-electron chi connectivity index (χ4n) is 1.80. The van der Waals surface area contributed by atoms with Crippen molar-refractivity contribution in [3.05, 3.63) is 45.9 Å². The number of rotatable bonds is 6. The van der Waals surface area contributed by atoms with Crippen LogP contribution in [0.4, 0.5) is 0 Å². The average molecular weight is 338 g/mol. The number of ketones is 1. The van der Waals surface area contributed by atoms with Crippen molar-refractivity contribution >= 4 is 27.1 Å². The number of Topliss-reactive ketones (excluding diaryl/α,β-unsaturated/α-hetero) is 1. The quantitative estimate of drug-likeness (QED) is 0.822. The van der Waals surface area contributed by atoms with Crippen LogP contribution in [0.25, 0.3) is 0 Å². The van der Waals surface area contributed by atoms with E-state index in [4.69, 9.17) is 0 Å². The zero-order valence-corrected chi connectivity index (χ0v) is 14.3. The first kappa shape index (κ1) is 16.8. The van der Waals surface area contributed by atoms with E-state index in [0.717, 1.165) is 5.01 Å². The van der Waals surface area contributed by atoms with Crippen LogP contribution in [0.15, 0.2) is 34.5 Å². The molecule has 0 aliphatic carbocycles. The highest BCUT2D eigenvalue weighted by Gasteiger charge is 2.16. The van der Waals surface area contributed by atoms with Crippen molar-refractivity contribution < 1.29 is 13.2 Å². The Bertz CT molecular complexity index is 780. The topological polar surface area (TPSA) is 76.1 Å². The summed E-state index contributed by atoms with van der Waals surface area (Å²) in [6.45, 7) is 5.62. The minimum atomic E-state index is -3.66. The maximum atomic E-state index is 12.3. The van der Waals surface area contributed by atoms with E-state index in [1.54, 1.807) is 12.1 Å². The Morgan fingerprint density at radius 2 is 2.09 bits per heavy atom. The Morgan fingerprint density at radius 3 is 2.68 bits per heavy atom. The average Bonchev–Trinajstić information content (AvgIpc) is 2.94. The number of hydrogen-bond acceptors (Lipinski definition) is 5. The van der Waals surface area contributed by atoms with Gasteiger partial charge in [-0.05, 0) is 19.1 Å². The van der Waals surface area contributed by atoms with Crippen LogP contribution in [0.5, 0.6) is 0 Å². The number of sulfonamides is 1. The van der Waals surface area contributed by atoms with Gasteiger partial charge in [0.05, 0.1) is 22.1 Å². The molecule has 0 atom stereocenters. The maximum Gasteiger partial charge on any atom is 0.240 e. The third kappa shape index (κ3) is 4.00. The molecular formula is C15H18N2O3S2. The van der Waals surface area contributed by atoms with Crippen molar-refractivity contribution in [2.45, 2.75) is 38.1 Å². The molecule has 0 unspecified atom stereocenters. The molecule has 0 saturated heterocycles. The number of thiazole rings is 1. The van der Waals surface area contributed by atoms with Gasteiger partial charge in [0.15, 0.2) is 5.78 Å².